The van der Waals surface area contributed by atoms with E-state index in [0.717, 1.165) is 5.01 Å². The average Bonchev–Trinajstić information content (AvgIpc) is 3.06. The quantitative estimate of drug-likeness (QED) is 0.919. The number of rotatable bonds is 3. The zero-order valence-electron chi connectivity index (χ0n) is 10.9. The number of hydrogen-bond acceptors (Lipinski definition) is 5. The van der Waals surface area contributed by atoms with Crippen molar-refractivity contribution in [3.05, 3.63) is 5.01 Å². The van der Waals surface area contributed by atoms with E-state index in [2.05, 4.69) is 10.2 Å². The molecule has 1 aliphatic heterocycles. The predicted octanol–water partition coefficient (Wildman–Crippen LogP) is 1.93. The van der Waals surface area contributed by atoms with Crippen LogP contribution < -0.4 is 4.90 Å². The Morgan fingerprint density at radius 2 is 2.05 bits per heavy atom. The molecule has 2 heterocycles. The van der Waals surface area contributed by atoms with Crippen LogP contribution in [0, 0.1) is 5.92 Å². The molecule has 1 atom stereocenters. The van der Waals surface area contributed by atoms with Crippen LogP contribution in [0.25, 0.3) is 0 Å². The fraction of sp³-hybridized carbons (Fsp3) is 0.769. The van der Waals surface area contributed by atoms with Gasteiger partial charge in [-0.05, 0) is 12.8 Å². The number of aliphatic hydroxyl groups excluding tert-OH is 1. The topological polar surface area (TPSA) is 66.3 Å². The van der Waals surface area contributed by atoms with Crippen LogP contribution >= 0.6 is 11.3 Å². The van der Waals surface area contributed by atoms with E-state index in [-0.39, 0.29) is 18.4 Å². The molecule has 1 saturated carbocycles. The van der Waals surface area contributed by atoms with Crippen LogP contribution in [-0.2, 0) is 4.79 Å². The lowest BCUT2D eigenvalue weighted by Gasteiger charge is -2.18. The number of aliphatic hydroxyl groups is 1. The van der Waals surface area contributed by atoms with E-state index in [1.54, 1.807) is 16.2 Å². The second kappa shape index (κ2) is 5.54. The van der Waals surface area contributed by atoms with Crippen LogP contribution in [0.2, 0.25) is 0 Å². The molecule has 0 aromatic carbocycles. The summed E-state index contributed by atoms with van der Waals surface area (Å²) in [5, 5.41) is 19.4. The summed E-state index contributed by atoms with van der Waals surface area (Å²) >= 11 is 1.55. The Morgan fingerprint density at radius 1 is 1.26 bits per heavy atom. The third-order valence-electron chi connectivity index (χ3n) is 4.08. The van der Waals surface area contributed by atoms with Gasteiger partial charge < -0.3 is 5.11 Å². The molecule has 2 fully saturated rings. The molecule has 1 aromatic rings. The van der Waals surface area contributed by atoms with Gasteiger partial charge in [-0.1, -0.05) is 30.6 Å². The number of anilines is 1. The molecule has 3 rings (SSSR count). The number of hydrogen-bond donors (Lipinski definition) is 1. The maximum absolute atomic E-state index is 11.9. The lowest BCUT2D eigenvalue weighted by molar-refractivity contribution is -0.117. The van der Waals surface area contributed by atoms with Gasteiger partial charge in [-0.25, -0.2) is 0 Å². The molecule has 19 heavy (non-hydrogen) atoms. The molecule has 104 valence electrons. The normalized spacial score (nSPS) is 25.2. The van der Waals surface area contributed by atoms with Crippen LogP contribution in [0.3, 0.4) is 0 Å². The van der Waals surface area contributed by atoms with Gasteiger partial charge in [0.2, 0.25) is 11.0 Å². The summed E-state index contributed by atoms with van der Waals surface area (Å²) in [5.41, 5.74) is 0. The van der Waals surface area contributed by atoms with E-state index in [9.17, 15) is 4.79 Å². The third kappa shape index (κ3) is 2.65. The predicted molar refractivity (Wildman–Crippen MR) is 73.3 cm³/mol. The number of amides is 1. The third-order valence-corrected chi connectivity index (χ3v) is 5.19. The highest BCUT2D eigenvalue weighted by atomic mass is 32.1. The summed E-state index contributed by atoms with van der Waals surface area (Å²) in [6.45, 7) is 0.644. The lowest BCUT2D eigenvalue weighted by atomic mass is 9.90. The van der Waals surface area contributed by atoms with Crippen molar-refractivity contribution in [3.8, 4) is 0 Å². The molecule has 1 saturated heterocycles. The zero-order chi connectivity index (χ0) is 13.2. The van der Waals surface area contributed by atoms with Crippen molar-refractivity contribution in [2.75, 3.05) is 18.1 Å². The van der Waals surface area contributed by atoms with Crippen molar-refractivity contribution >= 4 is 22.4 Å². The van der Waals surface area contributed by atoms with Crippen LogP contribution in [-0.4, -0.2) is 34.4 Å². The minimum atomic E-state index is 0.0505. The Morgan fingerprint density at radius 3 is 2.74 bits per heavy atom. The van der Waals surface area contributed by atoms with E-state index in [4.69, 9.17) is 5.11 Å². The highest BCUT2D eigenvalue weighted by Gasteiger charge is 2.32. The molecule has 2 aliphatic rings. The molecule has 1 aliphatic carbocycles. The minimum Gasteiger partial charge on any atom is -0.396 e. The van der Waals surface area contributed by atoms with Crippen LogP contribution in [0.1, 0.15) is 49.5 Å². The standard InChI is InChI=1S/C13H19N3O2S/c17-8-9-6-11(18)16(7-9)13-15-14-12(19-13)10-4-2-1-3-5-10/h9-10,17H,1-8H2. The fourth-order valence-electron chi connectivity index (χ4n) is 2.94. The van der Waals surface area contributed by atoms with Gasteiger partial charge in [0.25, 0.3) is 0 Å². The second-order valence-corrected chi connectivity index (χ2v) is 6.50. The summed E-state index contributed by atoms with van der Waals surface area (Å²) in [6, 6.07) is 0. The number of aromatic nitrogens is 2. The van der Waals surface area contributed by atoms with Gasteiger partial charge in [0.1, 0.15) is 5.01 Å². The van der Waals surface area contributed by atoms with Crippen molar-refractivity contribution in [2.24, 2.45) is 5.92 Å². The first kappa shape index (κ1) is 13.0. The van der Waals surface area contributed by atoms with Crippen molar-refractivity contribution in [1.82, 2.24) is 10.2 Å². The smallest absolute Gasteiger partial charge is 0.229 e. The number of carbonyl (C=O) groups excluding carboxylic acids is 1. The molecular formula is C13H19N3O2S. The maximum atomic E-state index is 11.9. The summed E-state index contributed by atoms with van der Waals surface area (Å²) in [7, 11) is 0. The van der Waals surface area contributed by atoms with Crippen LogP contribution in [0.4, 0.5) is 5.13 Å². The van der Waals surface area contributed by atoms with E-state index in [1.165, 1.54) is 32.1 Å². The molecule has 1 aromatic heterocycles. The minimum absolute atomic E-state index is 0.0505. The van der Waals surface area contributed by atoms with Crippen molar-refractivity contribution in [3.63, 3.8) is 0 Å². The van der Waals surface area contributed by atoms with Crippen molar-refractivity contribution in [1.29, 1.82) is 0 Å². The summed E-state index contributed by atoms with van der Waals surface area (Å²) in [6.07, 6.45) is 6.69. The van der Waals surface area contributed by atoms with E-state index in [1.807, 2.05) is 0 Å². The summed E-state index contributed by atoms with van der Waals surface area (Å²) in [5.74, 6) is 0.645. The van der Waals surface area contributed by atoms with E-state index < -0.39 is 0 Å². The number of carbonyl (C=O) groups is 1. The molecule has 1 amide bonds. The lowest BCUT2D eigenvalue weighted by Crippen LogP contribution is -2.24. The van der Waals surface area contributed by atoms with Crippen LogP contribution in [0.5, 0.6) is 0 Å². The number of nitrogens with zero attached hydrogens (tertiary/aromatic N) is 3. The van der Waals surface area contributed by atoms with Gasteiger partial charge in [-0.3, -0.25) is 9.69 Å². The second-order valence-electron chi connectivity index (χ2n) is 5.51. The Balaban J connectivity index is 1.72. The molecular weight excluding hydrogens is 262 g/mol. The Labute approximate surface area is 116 Å². The first-order valence-corrected chi connectivity index (χ1v) is 7.84. The van der Waals surface area contributed by atoms with Crippen molar-refractivity contribution < 1.29 is 9.90 Å². The first-order valence-electron chi connectivity index (χ1n) is 7.02. The monoisotopic (exact) mass is 281 g/mol. The molecule has 1 N–H and O–H groups in total. The Hall–Kier alpha value is -1.01. The molecule has 0 bridgehead atoms. The van der Waals surface area contributed by atoms with Gasteiger partial charge in [0.15, 0.2) is 0 Å². The summed E-state index contributed by atoms with van der Waals surface area (Å²) < 4.78 is 0. The van der Waals surface area contributed by atoms with Crippen molar-refractivity contribution in [2.45, 2.75) is 44.4 Å². The largest absolute Gasteiger partial charge is 0.396 e. The SMILES string of the molecule is O=C1CC(CO)CN1c1nnc(C2CCCCC2)s1. The molecule has 0 spiro atoms. The van der Waals surface area contributed by atoms with E-state index >= 15 is 0 Å². The highest BCUT2D eigenvalue weighted by Crippen LogP contribution is 2.37. The fourth-order valence-corrected chi connectivity index (χ4v) is 3.98. The highest BCUT2D eigenvalue weighted by molar-refractivity contribution is 7.15. The average molecular weight is 281 g/mol. The Bertz CT molecular complexity index is 456. The van der Waals surface area contributed by atoms with Gasteiger partial charge in [0, 0.05) is 31.4 Å². The Kier molecular flexibility index (Phi) is 3.79. The summed E-state index contributed by atoms with van der Waals surface area (Å²) in [4.78, 5) is 13.6. The molecule has 1 unspecified atom stereocenters. The van der Waals surface area contributed by atoms with Gasteiger partial charge in [-0.2, -0.15) is 0 Å². The van der Waals surface area contributed by atoms with Crippen LogP contribution in [0.15, 0.2) is 0 Å². The molecule has 6 heteroatoms. The first-order chi connectivity index (χ1) is 9.28. The molecule has 5 nitrogen and oxygen atoms in total. The van der Waals surface area contributed by atoms with E-state index in [0.29, 0.717) is 24.0 Å². The maximum Gasteiger partial charge on any atom is 0.229 e. The van der Waals surface area contributed by atoms with Gasteiger partial charge in [0.05, 0.1) is 0 Å². The molecule has 0 radical (unpaired) electrons. The zero-order valence-corrected chi connectivity index (χ0v) is 11.7. The van der Waals surface area contributed by atoms with Gasteiger partial charge >= 0.3 is 0 Å². The van der Waals surface area contributed by atoms with Gasteiger partial charge in [-0.15, -0.1) is 10.2 Å².